The Balaban J connectivity index is 1.87. The lowest BCUT2D eigenvalue weighted by Crippen LogP contribution is -2.31. The van der Waals surface area contributed by atoms with Crippen molar-refractivity contribution in [1.29, 1.82) is 5.26 Å². The number of hydrogen-bond donors (Lipinski definition) is 2. The van der Waals surface area contributed by atoms with Crippen molar-refractivity contribution >= 4 is 29.3 Å². The number of carbonyl (C=O) groups excluding carboxylic acids is 2. The van der Waals surface area contributed by atoms with Crippen LogP contribution in [-0.2, 0) is 9.59 Å². The zero-order valence-electron chi connectivity index (χ0n) is 18.9. The van der Waals surface area contributed by atoms with Crippen LogP contribution in [0.1, 0.15) is 23.5 Å². The SMILES string of the molecule is COc1cc([C@@H]2CC(=O)NC(SCC(=O)Nc3ccccc3C)=C2C#N)cc(OC)c1OC. The zero-order valence-corrected chi connectivity index (χ0v) is 19.7. The Labute approximate surface area is 196 Å². The van der Waals surface area contributed by atoms with E-state index in [9.17, 15) is 14.9 Å². The predicted octanol–water partition coefficient (Wildman–Crippen LogP) is 3.73. The lowest BCUT2D eigenvalue weighted by molar-refractivity contribution is -0.121. The fourth-order valence-corrected chi connectivity index (χ4v) is 4.43. The maximum Gasteiger partial charge on any atom is 0.234 e. The smallest absolute Gasteiger partial charge is 0.234 e. The molecule has 1 heterocycles. The molecule has 1 atom stereocenters. The molecule has 0 saturated heterocycles. The predicted molar refractivity (Wildman–Crippen MR) is 127 cm³/mol. The van der Waals surface area contributed by atoms with Gasteiger partial charge in [-0.15, -0.1) is 0 Å². The van der Waals surface area contributed by atoms with Gasteiger partial charge in [0.05, 0.1) is 43.8 Å². The first-order valence-corrected chi connectivity index (χ1v) is 11.1. The number of thioether (sulfide) groups is 1. The molecule has 9 heteroatoms. The van der Waals surface area contributed by atoms with Crippen molar-refractivity contribution < 1.29 is 23.8 Å². The molecule has 0 aliphatic carbocycles. The van der Waals surface area contributed by atoms with E-state index in [4.69, 9.17) is 14.2 Å². The van der Waals surface area contributed by atoms with E-state index in [0.29, 0.717) is 33.4 Å². The second-order valence-corrected chi connectivity index (χ2v) is 8.26. The zero-order chi connectivity index (χ0) is 24.0. The van der Waals surface area contributed by atoms with Crippen molar-refractivity contribution in [2.24, 2.45) is 0 Å². The molecule has 33 heavy (non-hydrogen) atoms. The molecule has 0 spiro atoms. The Bertz CT molecular complexity index is 1110. The summed E-state index contributed by atoms with van der Waals surface area (Å²) in [6.07, 6.45) is 0.0843. The molecule has 0 fully saturated rings. The number of allylic oxidation sites excluding steroid dienone is 1. The fourth-order valence-electron chi connectivity index (χ4n) is 3.56. The number of nitriles is 1. The molecule has 172 valence electrons. The van der Waals surface area contributed by atoms with Crippen molar-refractivity contribution in [2.45, 2.75) is 19.3 Å². The third kappa shape index (κ3) is 5.41. The standard InChI is InChI=1S/C24H25N3O5S/c1-14-7-5-6-8-18(14)26-22(29)13-33-24-17(12-25)16(11-21(28)27-24)15-9-19(30-2)23(32-4)20(10-15)31-3/h5-10,16H,11,13H2,1-4H3,(H,26,29)(H,27,28)/t16-/m0/s1. The number of para-hydroxylation sites is 1. The third-order valence-corrected chi connectivity index (χ3v) is 6.23. The van der Waals surface area contributed by atoms with Crippen LogP contribution >= 0.6 is 11.8 Å². The van der Waals surface area contributed by atoms with E-state index in [1.165, 1.54) is 21.3 Å². The highest BCUT2D eigenvalue weighted by atomic mass is 32.2. The number of benzene rings is 2. The monoisotopic (exact) mass is 467 g/mol. The number of ether oxygens (including phenoxy) is 3. The maximum atomic E-state index is 12.5. The minimum Gasteiger partial charge on any atom is -0.493 e. The number of aryl methyl sites for hydroxylation is 1. The normalized spacial score (nSPS) is 15.4. The number of nitrogens with one attached hydrogen (secondary N) is 2. The van der Waals surface area contributed by atoms with E-state index in [2.05, 4.69) is 16.7 Å². The van der Waals surface area contributed by atoms with E-state index < -0.39 is 5.92 Å². The van der Waals surface area contributed by atoms with Crippen LogP contribution in [0.4, 0.5) is 5.69 Å². The number of anilines is 1. The van der Waals surface area contributed by atoms with Gasteiger partial charge >= 0.3 is 0 Å². The Kier molecular flexibility index (Phi) is 7.85. The lowest BCUT2D eigenvalue weighted by Gasteiger charge is -2.26. The van der Waals surface area contributed by atoms with Crippen LogP contribution in [0.25, 0.3) is 0 Å². The topological polar surface area (TPSA) is 110 Å². The van der Waals surface area contributed by atoms with Gasteiger partial charge in [-0.25, -0.2) is 0 Å². The van der Waals surface area contributed by atoms with Gasteiger partial charge in [0.25, 0.3) is 0 Å². The molecule has 1 aliphatic heterocycles. The molecular weight excluding hydrogens is 442 g/mol. The van der Waals surface area contributed by atoms with Crippen LogP contribution < -0.4 is 24.8 Å². The van der Waals surface area contributed by atoms with Gasteiger partial charge in [0.1, 0.15) is 0 Å². The molecule has 0 saturated carbocycles. The van der Waals surface area contributed by atoms with Gasteiger partial charge in [-0.2, -0.15) is 5.26 Å². The molecule has 0 unspecified atom stereocenters. The molecule has 3 rings (SSSR count). The molecule has 0 bridgehead atoms. The second-order valence-electron chi connectivity index (χ2n) is 7.27. The molecule has 2 N–H and O–H groups in total. The van der Waals surface area contributed by atoms with Gasteiger partial charge in [0, 0.05) is 18.0 Å². The van der Waals surface area contributed by atoms with Gasteiger partial charge < -0.3 is 24.8 Å². The van der Waals surface area contributed by atoms with Gasteiger partial charge in [-0.1, -0.05) is 30.0 Å². The first kappa shape index (κ1) is 24.0. The van der Waals surface area contributed by atoms with Crippen LogP contribution in [0, 0.1) is 18.3 Å². The van der Waals surface area contributed by atoms with E-state index in [1.807, 2.05) is 31.2 Å². The molecule has 0 aromatic heterocycles. The summed E-state index contributed by atoms with van der Waals surface area (Å²) in [6, 6.07) is 13.1. The summed E-state index contributed by atoms with van der Waals surface area (Å²) < 4.78 is 16.2. The summed E-state index contributed by atoms with van der Waals surface area (Å²) in [7, 11) is 4.51. The average molecular weight is 468 g/mol. The summed E-state index contributed by atoms with van der Waals surface area (Å²) in [5, 5.41) is 15.9. The van der Waals surface area contributed by atoms with Crippen molar-refractivity contribution in [1.82, 2.24) is 5.32 Å². The molecule has 1 aliphatic rings. The summed E-state index contributed by atoms with van der Waals surface area (Å²) in [4.78, 5) is 25.0. The van der Waals surface area contributed by atoms with Crippen LogP contribution in [0.2, 0.25) is 0 Å². The van der Waals surface area contributed by atoms with E-state index >= 15 is 0 Å². The molecule has 2 aromatic carbocycles. The quantitative estimate of drug-likeness (QED) is 0.609. The average Bonchev–Trinajstić information content (AvgIpc) is 2.82. The van der Waals surface area contributed by atoms with E-state index in [0.717, 1.165) is 23.0 Å². The number of amides is 2. The molecule has 2 aromatic rings. The molecular formula is C24H25N3O5S. The Hall–Kier alpha value is -3.64. The third-order valence-electron chi connectivity index (χ3n) is 5.21. The maximum absolute atomic E-state index is 12.5. The van der Waals surface area contributed by atoms with Crippen LogP contribution in [0.5, 0.6) is 17.2 Å². The fraction of sp³-hybridized carbons (Fsp3) is 0.292. The molecule has 8 nitrogen and oxygen atoms in total. The van der Waals surface area contributed by atoms with Crippen molar-refractivity contribution in [3.05, 3.63) is 58.1 Å². The number of rotatable bonds is 8. The summed E-state index contributed by atoms with van der Waals surface area (Å²) in [5.74, 6) is 0.340. The van der Waals surface area contributed by atoms with E-state index in [1.54, 1.807) is 12.1 Å². The highest BCUT2D eigenvalue weighted by Crippen LogP contribution is 2.44. The Morgan fingerprint density at radius 3 is 2.42 bits per heavy atom. The minimum absolute atomic E-state index is 0.0388. The number of methoxy groups -OCH3 is 3. The highest BCUT2D eigenvalue weighted by molar-refractivity contribution is 8.03. The number of carbonyl (C=O) groups is 2. The van der Waals surface area contributed by atoms with Gasteiger partial charge in [-0.05, 0) is 36.2 Å². The Morgan fingerprint density at radius 1 is 1.18 bits per heavy atom. The van der Waals surface area contributed by atoms with Crippen molar-refractivity contribution in [3.63, 3.8) is 0 Å². The minimum atomic E-state index is -0.514. The largest absolute Gasteiger partial charge is 0.493 e. The molecule has 2 amide bonds. The van der Waals surface area contributed by atoms with Crippen LogP contribution in [-0.4, -0.2) is 38.9 Å². The van der Waals surface area contributed by atoms with Crippen molar-refractivity contribution in [2.75, 3.05) is 32.4 Å². The first-order chi connectivity index (χ1) is 15.9. The van der Waals surface area contributed by atoms with Crippen LogP contribution in [0.3, 0.4) is 0 Å². The number of hydrogen-bond acceptors (Lipinski definition) is 7. The first-order valence-electron chi connectivity index (χ1n) is 10.1. The van der Waals surface area contributed by atoms with Gasteiger partial charge in [0.2, 0.25) is 17.6 Å². The number of nitrogens with zero attached hydrogens (tertiary/aromatic N) is 1. The Morgan fingerprint density at radius 2 is 1.85 bits per heavy atom. The summed E-state index contributed by atoms with van der Waals surface area (Å²) in [6.45, 7) is 1.91. The van der Waals surface area contributed by atoms with Crippen molar-refractivity contribution in [3.8, 4) is 23.3 Å². The van der Waals surface area contributed by atoms with Gasteiger partial charge in [-0.3, -0.25) is 9.59 Å². The second kappa shape index (κ2) is 10.8. The summed E-state index contributed by atoms with van der Waals surface area (Å²) in [5.41, 5.74) is 2.72. The molecule has 0 radical (unpaired) electrons. The lowest BCUT2D eigenvalue weighted by atomic mass is 9.86. The summed E-state index contributed by atoms with van der Waals surface area (Å²) >= 11 is 1.12. The van der Waals surface area contributed by atoms with Crippen LogP contribution in [0.15, 0.2) is 47.0 Å². The van der Waals surface area contributed by atoms with E-state index in [-0.39, 0.29) is 24.0 Å². The highest BCUT2D eigenvalue weighted by Gasteiger charge is 2.31. The van der Waals surface area contributed by atoms with Gasteiger partial charge in [0.15, 0.2) is 11.5 Å².